The molecule has 3 heteroatoms. The van der Waals surface area contributed by atoms with Gasteiger partial charge in [0.25, 0.3) is 0 Å². The molecule has 3 nitrogen and oxygen atoms in total. The number of hydrogen-bond donors (Lipinski definition) is 0. The molecule has 2 rings (SSSR count). The van der Waals surface area contributed by atoms with Gasteiger partial charge in [-0.25, -0.2) is 0 Å². The van der Waals surface area contributed by atoms with Crippen LogP contribution in [-0.4, -0.2) is 38.1 Å². The lowest BCUT2D eigenvalue weighted by Gasteiger charge is -2.37. The first kappa shape index (κ1) is 20.4. The summed E-state index contributed by atoms with van der Waals surface area (Å²) in [6.45, 7) is 7.76. The van der Waals surface area contributed by atoms with Crippen LogP contribution in [0.15, 0.2) is 42.5 Å². The van der Waals surface area contributed by atoms with Gasteiger partial charge in [-0.3, -0.25) is 4.79 Å². The summed E-state index contributed by atoms with van der Waals surface area (Å²) in [5.41, 5.74) is 0.483. The molecule has 26 heavy (non-hydrogen) atoms. The van der Waals surface area contributed by atoms with E-state index in [4.69, 9.17) is 4.74 Å². The van der Waals surface area contributed by atoms with Crippen molar-refractivity contribution in [3.05, 3.63) is 48.0 Å². The smallest absolute Gasteiger partial charge is 0.316 e. The van der Waals surface area contributed by atoms with Crippen molar-refractivity contribution in [2.45, 2.75) is 45.4 Å². The van der Waals surface area contributed by atoms with E-state index in [1.165, 1.54) is 5.39 Å². The van der Waals surface area contributed by atoms with Gasteiger partial charge in [-0.05, 0) is 62.2 Å². The Morgan fingerprint density at radius 2 is 1.81 bits per heavy atom. The van der Waals surface area contributed by atoms with E-state index in [1.807, 2.05) is 19.1 Å². The van der Waals surface area contributed by atoms with E-state index in [0.29, 0.717) is 6.61 Å². The number of ether oxygens (including phenoxy) is 1. The molecule has 2 aromatic rings. The summed E-state index contributed by atoms with van der Waals surface area (Å²) in [4.78, 5) is 15.5. The van der Waals surface area contributed by atoms with Crippen molar-refractivity contribution in [2.75, 3.05) is 27.2 Å². The third-order valence-corrected chi connectivity index (χ3v) is 5.23. The summed E-state index contributed by atoms with van der Waals surface area (Å²) >= 11 is 0. The zero-order valence-electron chi connectivity index (χ0n) is 16.9. The standard InChI is InChI=1S/C23H33NO2/c1-6-17-26-22(25)23(18(2)3,15-10-16-24(4)5)21-14-9-12-19-11-7-8-13-20(19)21/h7-9,11-14,18H,6,10,15-17H2,1-5H3. The minimum absolute atomic E-state index is 0.0792. The molecule has 142 valence electrons. The summed E-state index contributed by atoms with van der Waals surface area (Å²) in [5, 5.41) is 2.33. The van der Waals surface area contributed by atoms with Crippen LogP contribution in [0.4, 0.5) is 0 Å². The molecule has 0 aliphatic carbocycles. The number of nitrogens with zero attached hydrogens (tertiary/aromatic N) is 1. The molecule has 0 N–H and O–H groups in total. The van der Waals surface area contributed by atoms with Gasteiger partial charge in [0.1, 0.15) is 0 Å². The molecule has 0 aromatic heterocycles. The molecule has 0 amide bonds. The number of carbonyl (C=O) groups excluding carboxylic acids is 1. The first-order chi connectivity index (χ1) is 12.4. The molecule has 1 atom stereocenters. The van der Waals surface area contributed by atoms with Crippen molar-refractivity contribution in [1.29, 1.82) is 0 Å². The lowest BCUT2D eigenvalue weighted by Crippen LogP contribution is -2.43. The van der Waals surface area contributed by atoms with Gasteiger partial charge in [0.2, 0.25) is 0 Å². The second-order valence-corrected chi connectivity index (χ2v) is 7.70. The predicted molar refractivity (Wildman–Crippen MR) is 110 cm³/mol. The third kappa shape index (κ3) is 4.27. The Morgan fingerprint density at radius 1 is 1.12 bits per heavy atom. The van der Waals surface area contributed by atoms with Gasteiger partial charge >= 0.3 is 5.97 Å². The fourth-order valence-electron chi connectivity index (χ4n) is 3.79. The van der Waals surface area contributed by atoms with E-state index in [9.17, 15) is 4.79 Å². The zero-order valence-corrected chi connectivity index (χ0v) is 16.9. The van der Waals surface area contributed by atoms with Crippen molar-refractivity contribution in [3.63, 3.8) is 0 Å². The molecule has 1 unspecified atom stereocenters. The molecular weight excluding hydrogens is 322 g/mol. The van der Waals surface area contributed by atoms with Gasteiger partial charge < -0.3 is 9.64 Å². The maximum atomic E-state index is 13.3. The minimum atomic E-state index is -0.619. The molecule has 0 fully saturated rings. The summed E-state index contributed by atoms with van der Waals surface area (Å²) < 4.78 is 5.73. The van der Waals surface area contributed by atoms with Crippen LogP contribution in [0.2, 0.25) is 0 Å². The molecule has 0 saturated heterocycles. The molecule has 0 aliphatic heterocycles. The fourth-order valence-corrected chi connectivity index (χ4v) is 3.79. The van der Waals surface area contributed by atoms with Crippen molar-refractivity contribution in [1.82, 2.24) is 4.90 Å². The lowest BCUT2D eigenvalue weighted by atomic mass is 9.67. The van der Waals surface area contributed by atoms with Gasteiger partial charge in [0.05, 0.1) is 12.0 Å². The maximum absolute atomic E-state index is 13.3. The van der Waals surface area contributed by atoms with E-state index in [-0.39, 0.29) is 11.9 Å². The maximum Gasteiger partial charge on any atom is 0.316 e. The van der Waals surface area contributed by atoms with Crippen LogP contribution in [0.1, 0.15) is 45.6 Å². The normalized spacial score (nSPS) is 14.0. The quantitative estimate of drug-likeness (QED) is 0.591. The monoisotopic (exact) mass is 355 g/mol. The van der Waals surface area contributed by atoms with Crippen LogP contribution in [0.25, 0.3) is 10.8 Å². The molecule has 0 radical (unpaired) electrons. The predicted octanol–water partition coefficient (Wildman–Crippen LogP) is 5.03. The van der Waals surface area contributed by atoms with E-state index < -0.39 is 5.41 Å². The van der Waals surface area contributed by atoms with E-state index >= 15 is 0 Å². The van der Waals surface area contributed by atoms with Gasteiger partial charge in [-0.1, -0.05) is 63.2 Å². The second-order valence-electron chi connectivity index (χ2n) is 7.70. The van der Waals surface area contributed by atoms with Crippen LogP contribution in [0.5, 0.6) is 0 Å². The number of hydrogen-bond acceptors (Lipinski definition) is 3. The Bertz CT molecular complexity index is 718. The highest BCUT2D eigenvalue weighted by Gasteiger charge is 2.45. The molecule has 2 aromatic carbocycles. The first-order valence-corrected chi connectivity index (χ1v) is 9.73. The highest BCUT2D eigenvalue weighted by Crippen LogP contribution is 2.41. The summed E-state index contributed by atoms with van der Waals surface area (Å²) in [7, 11) is 4.15. The minimum Gasteiger partial charge on any atom is -0.465 e. The van der Waals surface area contributed by atoms with Crippen molar-refractivity contribution in [2.24, 2.45) is 5.92 Å². The van der Waals surface area contributed by atoms with Crippen LogP contribution < -0.4 is 0 Å². The topological polar surface area (TPSA) is 29.5 Å². The van der Waals surface area contributed by atoms with Crippen LogP contribution >= 0.6 is 0 Å². The number of benzene rings is 2. The fraction of sp³-hybridized carbons (Fsp3) is 0.522. The summed E-state index contributed by atoms with van der Waals surface area (Å²) in [6, 6.07) is 14.6. The van der Waals surface area contributed by atoms with Crippen molar-refractivity contribution < 1.29 is 9.53 Å². The van der Waals surface area contributed by atoms with Crippen LogP contribution in [0.3, 0.4) is 0 Å². The highest BCUT2D eigenvalue weighted by atomic mass is 16.5. The van der Waals surface area contributed by atoms with E-state index in [2.05, 4.69) is 63.2 Å². The van der Waals surface area contributed by atoms with E-state index in [1.54, 1.807) is 0 Å². The summed E-state index contributed by atoms with van der Waals surface area (Å²) in [5.74, 6) is 0.0734. The van der Waals surface area contributed by atoms with Gasteiger partial charge in [0.15, 0.2) is 0 Å². The summed E-state index contributed by atoms with van der Waals surface area (Å²) in [6.07, 6.45) is 2.59. The molecule has 0 bridgehead atoms. The van der Waals surface area contributed by atoms with E-state index in [0.717, 1.165) is 36.8 Å². The number of carbonyl (C=O) groups is 1. The highest BCUT2D eigenvalue weighted by molar-refractivity contribution is 5.94. The van der Waals surface area contributed by atoms with Gasteiger partial charge in [-0.15, -0.1) is 0 Å². The molecular formula is C23H33NO2. The largest absolute Gasteiger partial charge is 0.465 e. The van der Waals surface area contributed by atoms with Crippen LogP contribution in [-0.2, 0) is 14.9 Å². The average molecular weight is 356 g/mol. The van der Waals surface area contributed by atoms with Gasteiger partial charge in [-0.2, -0.15) is 0 Å². The Kier molecular flexibility index (Phi) is 7.22. The van der Waals surface area contributed by atoms with Crippen molar-refractivity contribution >= 4 is 16.7 Å². The second kappa shape index (κ2) is 9.18. The zero-order chi connectivity index (χ0) is 19.2. The Balaban J connectivity index is 2.57. The molecule has 0 aliphatic rings. The Morgan fingerprint density at radius 3 is 2.46 bits per heavy atom. The van der Waals surface area contributed by atoms with Crippen molar-refractivity contribution in [3.8, 4) is 0 Å². The number of rotatable bonds is 9. The number of esters is 1. The van der Waals surface area contributed by atoms with Gasteiger partial charge in [0, 0.05) is 0 Å². The Hall–Kier alpha value is -1.87. The SMILES string of the molecule is CCCOC(=O)C(CCCN(C)C)(c1cccc2ccccc12)C(C)C. The first-order valence-electron chi connectivity index (χ1n) is 9.73. The lowest BCUT2D eigenvalue weighted by molar-refractivity contribution is -0.153. The molecule has 0 saturated carbocycles. The Labute approximate surface area is 158 Å². The molecule has 0 heterocycles. The number of fused-ring (bicyclic) bond motifs is 1. The average Bonchev–Trinajstić information content (AvgIpc) is 2.62. The molecule has 0 spiro atoms. The van der Waals surface area contributed by atoms with Crippen LogP contribution in [0, 0.1) is 5.92 Å². The third-order valence-electron chi connectivity index (χ3n) is 5.23.